The Hall–Kier alpha value is -9.24. The van der Waals surface area contributed by atoms with Crippen LogP contribution in [0.2, 0.25) is 0 Å². The zero-order valence-electron chi connectivity index (χ0n) is 38.3. The van der Waals surface area contributed by atoms with Crippen LogP contribution in [0.4, 0.5) is 17.1 Å². The van der Waals surface area contributed by atoms with E-state index >= 15 is 0 Å². The van der Waals surface area contributed by atoms with E-state index in [2.05, 4.69) is 266 Å². The summed E-state index contributed by atoms with van der Waals surface area (Å²) in [6.45, 7) is 0. The predicted molar refractivity (Wildman–Crippen MR) is 296 cm³/mol. The van der Waals surface area contributed by atoms with Crippen molar-refractivity contribution in [3.05, 3.63) is 273 Å². The summed E-state index contributed by atoms with van der Waals surface area (Å²) in [6, 6.07) is 98.4. The van der Waals surface area contributed by atoms with Gasteiger partial charge < -0.3 is 9.32 Å². The molecule has 0 atom stereocenters. The third-order valence-corrected chi connectivity index (χ3v) is 13.9. The second-order valence-corrected chi connectivity index (χ2v) is 18.0. The van der Waals surface area contributed by atoms with Gasteiger partial charge in [-0.15, -0.1) is 0 Å². The van der Waals surface area contributed by atoms with Gasteiger partial charge in [-0.1, -0.05) is 218 Å². The van der Waals surface area contributed by atoms with Crippen LogP contribution in [0.15, 0.2) is 277 Å². The minimum atomic E-state index is 0.884. The van der Waals surface area contributed by atoms with E-state index in [-0.39, 0.29) is 0 Å². The Balaban J connectivity index is 0.833. The van der Waals surface area contributed by atoms with Crippen LogP contribution in [0.1, 0.15) is 0 Å². The van der Waals surface area contributed by atoms with Crippen molar-refractivity contribution in [2.75, 3.05) is 4.90 Å². The number of hydrogen-bond acceptors (Lipinski definition) is 2. The number of rotatable bonds is 9. The van der Waals surface area contributed by atoms with E-state index in [1.807, 2.05) is 12.1 Å². The minimum absolute atomic E-state index is 0.884. The quantitative estimate of drug-likeness (QED) is 0.134. The molecule has 12 aromatic carbocycles. The molecule has 0 aliphatic rings. The van der Waals surface area contributed by atoms with Gasteiger partial charge in [0.05, 0.1) is 0 Å². The average molecular weight is 892 g/mol. The molecular weight excluding hydrogens is 847 g/mol. The highest BCUT2D eigenvalue weighted by Crippen LogP contribution is 2.43. The summed E-state index contributed by atoms with van der Waals surface area (Å²) in [5.74, 6) is 0.884. The molecule has 0 unspecified atom stereocenters. The Bertz CT molecular complexity index is 4010. The van der Waals surface area contributed by atoms with E-state index in [0.29, 0.717) is 0 Å². The molecule has 0 fully saturated rings. The van der Waals surface area contributed by atoms with Crippen LogP contribution in [0.3, 0.4) is 0 Å². The molecule has 0 saturated heterocycles. The molecule has 0 amide bonds. The molecular formula is C68H45NO. The summed E-state index contributed by atoms with van der Waals surface area (Å²) in [5.41, 5.74) is 16.9. The largest absolute Gasteiger partial charge is 0.455 e. The lowest BCUT2D eigenvalue weighted by atomic mass is 9.93. The molecule has 0 saturated carbocycles. The van der Waals surface area contributed by atoms with Crippen LogP contribution in [0.25, 0.3) is 110 Å². The molecule has 0 aliphatic carbocycles. The highest BCUT2D eigenvalue weighted by atomic mass is 16.3. The normalized spacial score (nSPS) is 11.4. The van der Waals surface area contributed by atoms with Crippen molar-refractivity contribution in [2.45, 2.75) is 0 Å². The molecule has 70 heavy (non-hydrogen) atoms. The fraction of sp³-hybridized carbons (Fsp3) is 0. The first-order chi connectivity index (χ1) is 34.7. The van der Waals surface area contributed by atoms with Crippen LogP contribution in [0, 0.1) is 0 Å². The lowest BCUT2D eigenvalue weighted by molar-refractivity contribution is 0.632. The molecule has 13 rings (SSSR count). The summed E-state index contributed by atoms with van der Waals surface area (Å²) in [5, 5.41) is 8.66. The van der Waals surface area contributed by atoms with E-state index in [1.165, 1.54) is 54.6 Å². The molecule has 1 heterocycles. The standard InChI is InChI=1S/C68H45NO/c1-2-15-52(16-3-1)67-64-25-10-11-27-66(64)70-68(67)55-20-12-19-53(44-55)48-30-28-46(29-31-48)47-32-38-56(39-33-47)69(57-40-34-50(35-41-57)60-26-13-18-49-14-4-6-21-59(49)60)58-42-36-51(37-43-58)65-45-54-17-5-7-22-61(54)62-23-8-9-24-63(62)65/h1-45H. The fourth-order valence-corrected chi connectivity index (χ4v) is 10.4. The first-order valence-corrected chi connectivity index (χ1v) is 24.0. The molecule has 0 aliphatic heterocycles. The summed E-state index contributed by atoms with van der Waals surface area (Å²) < 4.78 is 6.57. The van der Waals surface area contributed by atoms with Crippen molar-refractivity contribution in [2.24, 2.45) is 0 Å². The highest BCUT2D eigenvalue weighted by molar-refractivity contribution is 6.14. The number of furan rings is 1. The zero-order valence-corrected chi connectivity index (χ0v) is 38.3. The fourth-order valence-electron chi connectivity index (χ4n) is 10.4. The van der Waals surface area contributed by atoms with Crippen LogP contribution in [-0.2, 0) is 0 Å². The Morgan fingerprint density at radius 1 is 0.243 bits per heavy atom. The number of fused-ring (bicyclic) bond motifs is 5. The van der Waals surface area contributed by atoms with Crippen molar-refractivity contribution in [3.63, 3.8) is 0 Å². The topological polar surface area (TPSA) is 16.4 Å². The predicted octanol–water partition coefficient (Wildman–Crippen LogP) is 19.4. The van der Waals surface area contributed by atoms with Gasteiger partial charge in [0.2, 0.25) is 0 Å². The maximum atomic E-state index is 6.57. The van der Waals surface area contributed by atoms with Crippen molar-refractivity contribution in [3.8, 4) is 67.0 Å². The monoisotopic (exact) mass is 891 g/mol. The van der Waals surface area contributed by atoms with Crippen LogP contribution in [-0.4, -0.2) is 0 Å². The zero-order chi connectivity index (χ0) is 46.4. The van der Waals surface area contributed by atoms with E-state index in [4.69, 9.17) is 4.42 Å². The van der Waals surface area contributed by atoms with Crippen molar-refractivity contribution in [1.29, 1.82) is 0 Å². The SMILES string of the molecule is c1ccc(-c2c(-c3cccc(-c4ccc(-c5ccc(N(c6ccc(-c7cccc8ccccc78)cc6)c6ccc(-c7cc8ccccc8c8ccccc78)cc6)cc5)cc4)c3)oc3ccccc23)cc1. The maximum absolute atomic E-state index is 6.57. The Kier molecular flexibility index (Phi) is 10.2. The molecule has 328 valence electrons. The van der Waals surface area contributed by atoms with Gasteiger partial charge in [0.25, 0.3) is 0 Å². The second kappa shape index (κ2) is 17.4. The van der Waals surface area contributed by atoms with Crippen molar-refractivity contribution < 1.29 is 4.42 Å². The summed E-state index contributed by atoms with van der Waals surface area (Å²) in [4.78, 5) is 2.36. The minimum Gasteiger partial charge on any atom is -0.455 e. The molecule has 0 bridgehead atoms. The third-order valence-electron chi connectivity index (χ3n) is 13.9. The van der Waals surface area contributed by atoms with Gasteiger partial charge in [-0.05, 0) is 137 Å². The van der Waals surface area contributed by atoms with Gasteiger partial charge >= 0.3 is 0 Å². The first kappa shape index (κ1) is 41.0. The summed E-state index contributed by atoms with van der Waals surface area (Å²) in [6.07, 6.45) is 0. The molecule has 1 aromatic heterocycles. The number of hydrogen-bond donors (Lipinski definition) is 0. The van der Waals surface area contributed by atoms with Gasteiger partial charge in [0.15, 0.2) is 0 Å². The summed E-state index contributed by atoms with van der Waals surface area (Å²) >= 11 is 0. The maximum Gasteiger partial charge on any atom is 0.143 e. The Morgan fingerprint density at radius 3 is 1.39 bits per heavy atom. The second-order valence-electron chi connectivity index (χ2n) is 18.0. The molecule has 2 heteroatoms. The van der Waals surface area contributed by atoms with E-state index in [0.717, 1.165) is 72.7 Å². The van der Waals surface area contributed by atoms with E-state index in [9.17, 15) is 0 Å². The number of para-hydroxylation sites is 1. The van der Waals surface area contributed by atoms with Crippen molar-refractivity contribution >= 4 is 60.3 Å². The number of benzene rings is 12. The lowest BCUT2D eigenvalue weighted by Crippen LogP contribution is -2.09. The van der Waals surface area contributed by atoms with Crippen molar-refractivity contribution in [1.82, 2.24) is 0 Å². The Morgan fingerprint density at radius 2 is 0.700 bits per heavy atom. The van der Waals surface area contributed by atoms with Gasteiger partial charge in [0, 0.05) is 33.6 Å². The van der Waals surface area contributed by atoms with Crippen LogP contribution < -0.4 is 4.90 Å². The van der Waals surface area contributed by atoms with Gasteiger partial charge in [-0.25, -0.2) is 0 Å². The van der Waals surface area contributed by atoms with E-state index < -0.39 is 0 Å². The first-order valence-electron chi connectivity index (χ1n) is 24.0. The van der Waals surface area contributed by atoms with Crippen LogP contribution in [0.5, 0.6) is 0 Å². The average Bonchev–Trinajstić information content (AvgIpc) is 3.84. The highest BCUT2D eigenvalue weighted by Gasteiger charge is 2.19. The van der Waals surface area contributed by atoms with E-state index in [1.54, 1.807) is 0 Å². The summed E-state index contributed by atoms with van der Waals surface area (Å²) in [7, 11) is 0. The Labute approximate surface area is 407 Å². The number of anilines is 3. The van der Waals surface area contributed by atoms with Gasteiger partial charge in [-0.3, -0.25) is 0 Å². The van der Waals surface area contributed by atoms with Crippen LogP contribution >= 0.6 is 0 Å². The molecule has 2 nitrogen and oxygen atoms in total. The number of nitrogens with zero attached hydrogens (tertiary/aromatic N) is 1. The lowest BCUT2D eigenvalue weighted by Gasteiger charge is -2.26. The molecule has 13 aromatic rings. The third kappa shape index (κ3) is 7.40. The van der Waals surface area contributed by atoms with Gasteiger partial charge in [0.1, 0.15) is 11.3 Å². The smallest absolute Gasteiger partial charge is 0.143 e. The molecule has 0 radical (unpaired) electrons. The molecule has 0 spiro atoms. The molecule has 0 N–H and O–H groups in total. The van der Waals surface area contributed by atoms with Gasteiger partial charge in [-0.2, -0.15) is 0 Å².